The van der Waals surface area contributed by atoms with Crippen molar-refractivity contribution < 1.29 is 4.79 Å². The van der Waals surface area contributed by atoms with Crippen molar-refractivity contribution in [2.75, 3.05) is 11.1 Å². The Morgan fingerprint density at radius 2 is 2.07 bits per heavy atom. The molecule has 0 saturated heterocycles. The molecule has 0 bridgehead atoms. The van der Waals surface area contributed by atoms with Gasteiger partial charge in [0.25, 0.3) is 0 Å². The predicted molar refractivity (Wildman–Crippen MR) is 116 cm³/mol. The molecule has 0 aliphatic heterocycles. The number of carbonyl (C=O) groups excluding carboxylic acids is 1. The summed E-state index contributed by atoms with van der Waals surface area (Å²) in [5.41, 5.74) is 8.91. The van der Waals surface area contributed by atoms with E-state index in [1.54, 1.807) is 23.5 Å². The molecule has 1 aliphatic rings. The van der Waals surface area contributed by atoms with E-state index in [2.05, 4.69) is 10.3 Å². The van der Waals surface area contributed by atoms with Gasteiger partial charge in [0.15, 0.2) is 11.6 Å². The molecule has 1 aromatic carbocycles. The van der Waals surface area contributed by atoms with Gasteiger partial charge in [-0.3, -0.25) is 4.79 Å². The maximum atomic E-state index is 12.6. The summed E-state index contributed by atoms with van der Waals surface area (Å²) in [6.07, 6.45) is 4.17. The summed E-state index contributed by atoms with van der Waals surface area (Å²) in [7, 11) is 0. The van der Waals surface area contributed by atoms with Gasteiger partial charge in [-0.25, -0.2) is 15.0 Å². The monoisotopic (exact) mass is 401 g/mol. The largest absolute Gasteiger partial charge is 0.384 e. The first kappa shape index (κ1) is 17.8. The number of nitrogens with one attached hydrogen (secondary N) is 1. The van der Waals surface area contributed by atoms with Crippen LogP contribution >= 0.6 is 11.3 Å². The Hall–Kier alpha value is -3.32. The van der Waals surface area contributed by atoms with E-state index in [4.69, 9.17) is 15.7 Å². The number of benzene rings is 1. The summed E-state index contributed by atoms with van der Waals surface area (Å²) in [6.45, 7) is 0. The van der Waals surface area contributed by atoms with Crippen LogP contribution in [0.25, 0.3) is 21.6 Å². The van der Waals surface area contributed by atoms with E-state index in [0.717, 1.165) is 27.2 Å². The van der Waals surface area contributed by atoms with Crippen LogP contribution in [-0.4, -0.2) is 26.8 Å². The topological polar surface area (TPSA) is 93.8 Å². The van der Waals surface area contributed by atoms with Crippen LogP contribution < -0.4 is 11.1 Å². The number of rotatable bonds is 6. The second-order valence-electron chi connectivity index (χ2n) is 7.22. The van der Waals surface area contributed by atoms with Crippen molar-refractivity contribution in [3.63, 3.8) is 0 Å². The van der Waals surface area contributed by atoms with Gasteiger partial charge in [0.1, 0.15) is 11.6 Å². The van der Waals surface area contributed by atoms with E-state index < -0.39 is 0 Å². The number of pyridine rings is 1. The van der Waals surface area contributed by atoms with Crippen molar-refractivity contribution in [1.82, 2.24) is 15.0 Å². The second kappa shape index (κ2) is 7.25. The molecular weight excluding hydrogens is 382 g/mol. The molecular formula is C22H19N5OS. The Labute approximate surface area is 171 Å². The predicted octanol–water partition coefficient (Wildman–Crippen LogP) is 4.34. The van der Waals surface area contributed by atoms with Crippen molar-refractivity contribution >= 4 is 39.0 Å². The molecule has 0 atom stereocenters. The average molecular weight is 401 g/mol. The van der Waals surface area contributed by atoms with Crippen LogP contribution in [0.15, 0.2) is 54.0 Å². The number of ketones is 1. The Balaban J connectivity index is 1.44. The smallest absolute Gasteiger partial charge is 0.168 e. The third kappa shape index (κ3) is 3.82. The Bertz CT molecular complexity index is 1200. The molecule has 0 radical (unpaired) electrons. The van der Waals surface area contributed by atoms with E-state index in [0.29, 0.717) is 23.2 Å². The van der Waals surface area contributed by atoms with Gasteiger partial charge >= 0.3 is 0 Å². The highest BCUT2D eigenvalue weighted by atomic mass is 32.1. The number of hydrogen-bond acceptors (Lipinski definition) is 7. The van der Waals surface area contributed by atoms with E-state index in [9.17, 15) is 4.79 Å². The van der Waals surface area contributed by atoms with Gasteiger partial charge in [-0.2, -0.15) is 0 Å². The number of nitrogen functional groups attached to an aromatic ring is 1. The normalized spacial score (nSPS) is 13.5. The number of Topliss-reactive ketones (excluding diaryl/α,β-unsaturated/α-hetero) is 1. The van der Waals surface area contributed by atoms with Crippen LogP contribution in [0.5, 0.6) is 0 Å². The first-order chi connectivity index (χ1) is 14.2. The maximum Gasteiger partial charge on any atom is 0.168 e. The van der Waals surface area contributed by atoms with Gasteiger partial charge in [-0.1, -0.05) is 18.2 Å². The molecule has 3 aromatic heterocycles. The summed E-state index contributed by atoms with van der Waals surface area (Å²) >= 11 is 1.65. The standard InChI is InChI=1S/C22H19N5OS/c23-19-7-4-15(12-24-19)18(28)11-13-2-1-3-14(10-13)21-26-17-8-9-29-20(17)22(27-21)25-16-5-6-16/h1-4,7-10,12,16H,5-6,11H2,(H2,23,24)(H,25,26,27). The molecule has 0 spiro atoms. The number of fused-ring (bicyclic) bond motifs is 1. The molecule has 4 aromatic rings. The first-order valence-corrected chi connectivity index (χ1v) is 10.4. The fraction of sp³-hybridized carbons (Fsp3) is 0.182. The number of nitrogens with two attached hydrogens (primary N) is 1. The molecule has 144 valence electrons. The van der Waals surface area contributed by atoms with Crippen LogP contribution in [0.1, 0.15) is 28.8 Å². The van der Waals surface area contributed by atoms with Gasteiger partial charge in [-0.15, -0.1) is 11.3 Å². The highest BCUT2D eigenvalue weighted by Crippen LogP contribution is 2.33. The van der Waals surface area contributed by atoms with Crippen LogP contribution in [0, 0.1) is 0 Å². The summed E-state index contributed by atoms with van der Waals surface area (Å²) < 4.78 is 1.09. The lowest BCUT2D eigenvalue weighted by Gasteiger charge is -2.09. The van der Waals surface area contributed by atoms with Gasteiger partial charge in [-0.05, 0) is 48.1 Å². The number of carbonyl (C=O) groups is 1. The lowest BCUT2D eigenvalue weighted by molar-refractivity contribution is 0.0992. The minimum absolute atomic E-state index is 0.0000517. The van der Waals surface area contributed by atoms with Crippen LogP contribution in [0.4, 0.5) is 11.6 Å². The quantitative estimate of drug-likeness (QED) is 0.467. The number of hydrogen-bond donors (Lipinski definition) is 2. The maximum absolute atomic E-state index is 12.6. The molecule has 29 heavy (non-hydrogen) atoms. The number of thiophene rings is 1. The first-order valence-electron chi connectivity index (χ1n) is 9.51. The van der Waals surface area contributed by atoms with Crippen molar-refractivity contribution in [1.29, 1.82) is 0 Å². The molecule has 0 unspecified atom stereocenters. The van der Waals surface area contributed by atoms with Crippen molar-refractivity contribution in [3.05, 3.63) is 65.2 Å². The van der Waals surface area contributed by atoms with Crippen molar-refractivity contribution in [2.45, 2.75) is 25.3 Å². The third-order valence-corrected chi connectivity index (χ3v) is 5.79. The molecule has 6 nitrogen and oxygen atoms in total. The SMILES string of the molecule is Nc1ccc(C(=O)Cc2cccc(-c3nc(NC4CC4)c4sccc4n3)c2)cn1. The fourth-order valence-electron chi connectivity index (χ4n) is 3.19. The average Bonchev–Trinajstić information content (AvgIpc) is 3.41. The minimum atomic E-state index is -0.0000517. The van der Waals surface area contributed by atoms with Gasteiger partial charge < -0.3 is 11.1 Å². The minimum Gasteiger partial charge on any atom is -0.384 e. The van der Waals surface area contributed by atoms with Gasteiger partial charge in [0, 0.05) is 29.8 Å². The molecule has 0 amide bonds. The molecule has 1 aliphatic carbocycles. The second-order valence-corrected chi connectivity index (χ2v) is 8.14. The zero-order valence-corrected chi connectivity index (χ0v) is 16.4. The zero-order chi connectivity index (χ0) is 19.8. The van der Waals surface area contributed by atoms with Crippen molar-refractivity contribution in [2.24, 2.45) is 0 Å². The highest BCUT2D eigenvalue weighted by molar-refractivity contribution is 7.17. The van der Waals surface area contributed by atoms with E-state index in [1.165, 1.54) is 19.0 Å². The van der Waals surface area contributed by atoms with E-state index in [-0.39, 0.29) is 12.2 Å². The van der Waals surface area contributed by atoms with Gasteiger partial charge in [0.05, 0.1) is 10.2 Å². The lowest BCUT2D eigenvalue weighted by atomic mass is 10.0. The molecule has 1 saturated carbocycles. The Morgan fingerprint density at radius 1 is 1.17 bits per heavy atom. The summed E-state index contributed by atoms with van der Waals surface area (Å²) in [5.74, 6) is 1.97. The molecule has 1 fully saturated rings. The van der Waals surface area contributed by atoms with Crippen LogP contribution in [0.3, 0.4) is 0 Å². The highest BCUT2D eigenvalue weighted by Gasteiger charge is 2.23. The van der Waals surface area contributed by atoms with E-state index in [1.807, 2.05) is 35.7 Å². The summed E-state index contributed by atoms with van der Waals surface area (Å²) in [6, 6.07) is 13.7. The fourth-order valence-corrected chi connectivity index (χ4v) is 3.97. The molecule has 7 heteroatoms. The Morgan fingerprint density at radius 3 is 2.86 bits per heavy atom. The summed E-state index contributed by atoms with van der Waals surface area (Å²) in [4.78, 5) is 26.1. The lowest BCUT2D eigenvalue weighted by Crippen LogP contribution is -2.06. The number of aromatic nitrogens is 3. The molecule has 3 N–H and O–H groups in total. The third-order valence-electron chi connectivity index (χ3n) is 4.88. The molecule has 3 heterocycles. The van der Waals surface area contributed by atoms with Crippen molar-refractivity contribution in [3.8, 4) is 11.4 Å². The van der Waals surface area contributed by atoms with Gasteiger partial charge in [0.2, 0.25) is 0 Å². The van der Waals surface area contributed by atoms with Crippen LogP contribution in [-0.2, 0) is 6.42 Å². The summed E-state index contributed by atoms with van der Waals surface area (Å²) in [5, 5.41) is 5.55. The van der Waals surface area contributed by atoms with Crippen LogP contribution in [0.2, 0.25) is 0 Å². The zero-order valence-electron chi connectivity index (χ0n) is 15.6. The number of anilines is 2. The Kier molecular flexibility index (Phi) is 4.44. The number of nitrogens with zero attached hydrogens (tertiary/aromatic N) is 3. The molecule has 5 rings (SSSR count). The van der Waals surface area contributed by atoms with E-state index >= 15 is 0 Å².